The molecule has 4 heteroatoms. The third-order valence-corrected chi connectivity index (χ3v) is 3.21. The minimum atomic E-state index is -0.330. The van der Waals surface area contributed by atoms with Crippen LogP contribution in [0.1, 0.15) is 15.9 Å². The van der Waals surface area contributed by atoms with E-state index in [-0.39, 0.29) is 17.2 Å². The summed E-state index contributed by atoms with van der Waals surface area (Å²) < 4.78 is 0.797. The van der Waals surface area contributed by atoms with E-state index in [2.05, 4.69) is 21.2 Å². The van der Waals surface area contributed by atoms with Gasteiger partial charge in [0.25, 0.3) is 5.91 Å². The fourth-order valence-electron chi connectivity index (χ4n) is 1.58. The van der Waals surface area contributed by atoms with Crippen molar-refractivity contribution in [1.29, 1.82) is 0 Å². The van der Waals surface area contributed by atoms with Crippen LogP contribution < -0.4 is 5.32 Å². The summed E-state index contributed by atoms with van der Waals surface area (Å²) >= 11 is 3.35. The van der Waals surface area contributed by atoms with E-state index in [9.17, 15) is 9.90 Å². The minimum Gasteiger partial charge on any atom is -0.507 e. The van der Waals surface area contributed by atoms with Crippen LogP contribution >= 0.6 is 15.9 Å². The van der Waals surface area contributed by atoms with E-state index in [0.29, 0.717) is 5.69 Å². The monoisotopic (exact) mass is 305 g/mol. The van der Waals surface area contributed by atoms with Crippen molar-refractivity contribution >= 4 is 27.5 Å². The predicted octanol–water partition coefficient (Wildman–Crippen LogP) is 3.72. The summed E-state index contributed by atoms with van der Waals surface area (Å²) in [5.41, 5.74) is 1.86. The summed E-state index contributed by atoms with van der Waals surface area (Å²) in [5, 5.41) is 12.4. The molecule has 0 bridgehead atoms. The molecule has 2 rings (SSSR count). The number of hydrogen-bond donors (Lipinski definition) is 2. The van der Waals surface area contributed by atoms with Gasteiger partial charge in [-0.15, -0.1) is 0 Å². The Kier molecular flexibility index (Phi) is 3.67. The van der Waals surface area contributed by atoms with Crippen LogP contribution in [-0.2, 0) is 0 Å². The van der Waals surface area contributed by atoms with Crippen LogP contribution in [0.2, 0.25) is 0 Å². The number of benzene rings is 2. The van der Waals surface area contributed by atoms with Crippen molar-refractivity contribution in [3.8, 4) is 5.75 Å². The zero-order valence-corrected chi connectivity index (χ0v) is 11.4. The largest absolute Gasteiger partial charge is 0.507 e. The van der Waals surface area contributed by atoms with Gasteiger partial charge in [0.15, 0.2) is 0 Å². The van der Waals surface area contributed by atoms with Gasteiger partial charge in [-0.2, -0.15) is 0 Å². The molecule has 92 valence electrons. The molecule has 0 unspecified atom stereocenters. The lowest BCUT2D eigenvalue weighted by atomic mass is 10.1. The lowest BCUT2D eigenvalue weighted by molar-refractivity contribution is 0.102. The second-order valence-corrected chi connectivity index (χ2v) is 4.81. The number of phenols is 1. The molecule has 0 aliphatic heterocycles. The molecule has 2 aromatic rings. The van der Waals surface area contributed by atoms with E-state index in [1.54, 1.807) is 18.2 Å². The molecule has 0 radical (unpaired) electrons. The Morgan fingerprint density at radius 3 is 2.67 bits per heavy atom. The number of halogens is 1. The van der Waals surface area contributed by atoms with Crippen molar-refractivity contribution in [1.82, 2.24) is 0 Å². The third kappa shape index (κ3) is 2.71. The van der Waals surface area contributed by atoms with Gasteiger partial charge >= 0.3 is 0 Å². The van der Waals surface area contributed by atoms with Crippen LogP contribution in [0, 0.1) is 6.92 Å². The first kappa shape index (κ1) is 12.6. The maximum Gasteiger partial charge on any atom is 0.259 e. The van der Waals surface area contributed by atoms with Crippen molar-refractivity contribution in [2.75, 3.05) is 5.32 Å². The van der Waals surface area contributed by atoms with Gasteiger partial charge in [0.05, 0.1) is 11.3 Å². The number of rotatable bonds is 2. The zero-order valence-electron chi connectivity index (χ0n) is 9.77. The second kappa shape index (κ2) is 5.23. The predicted molar refractivity (Wildman–Crippen MR) is 74.9 cm³/mol. The number of aryl methyl sites for hydroxylation is 1. The molecule has 0 spiro atoms. The van der Waals surface area contributed by atoms with E-state index in [0.717, 1.165) is 10.0 Å². The number of carbonyl (C=O) groups is 1. The normalized spacial score (nSPS) is 10.1. The van der Waals surface area contributed by atoms with E-state index in [4.69, 9.17) is 0 Å². The highest BCUT2D eigenvalue weighted by Crippen LogP contribution is 2.24. The second-order valence-electron chi connectivity index (χ2n) is 3.95. The lowest BCUT2D eigenvalue weighted by Crippen LogP contribution is -2.12. The maximum absolute atomic E-state index is 12.0. The molecule has 0 aromatic heterocycles. The minimum absolute atomic E-state index is 0.0230. The van der Waals surface area contributed by atoms with Gasteiger partial charge in [0.2, 0.25) is 0 Å². The molecule has 0 saturated carbocycles. The Hall–Kier alpha value is -1.81. The van der Waals surface area contributed by atoms with Gasteiger partial charge < -0.3 is 10.4 Å². The Balaban J connectivity index is 2.28. The van der Waals surface area contributed by atoms with E-state index in [1.165, 1.54) is 6.07 Å². The molecule has 1 amide bonds. The van der Waals surface area contributed by atoms with Gasteiger partial charge in [-0.1, -0.05) is 23.8 Å². The van der Waals surface area contributed by atoms with Gasteiger partial charge in [-0.25, -0.2) is 0 Å². The summed E-state index contributed by atoms with van der Waals surface area (Å²) in [6, 6.07) is 12.2. The molecule has 0 atom stereocenters. The van der Waals surface area contributed by atoms with Crippen molar-refractivity contribution in [3.63, 3.8) is 0 Å². The maximum atomic E-state index is 12.0. The van der Waals surface area contributed by atoms with E-state index in [1.807, 2.05) is 25.1 Å². The molecule has 0 aliphatic rings. The van der Waals surface area contributed by atoms with Crippen LogP contribution in [0.5, 0.6) is 5.75 Å². The first-order valence-electron chi connectivity index (χ1n) is 5.43. The first-order valence-corrected chi connectivity index (χ1v) is 6.23. The van der Waals surface area contributed by atoms with Crippen molar-refractivity contribution in [2.24, 2.45) is 0 Å². The molecule has 18 heavy (non-hydrogen) atoms. The van der Waals surface area contributed by atoms with Crippen molar-refractivity contribution in [3.05, 3.63) is 58.1 Å². The number of nitrogens with one attached hydrogen (secondary N) is 1. The Labute approximate surface area is 114 Å². The average molecular weight is 306 g/mol. The number of carbonyl (C=O) groups excluding carboxylic acids is 1. The van der Waals surface area contributed by atoms with Crippen LogP contribution in [0.15, 0.2) is 46.9 Å². The molecule has 0 fully saturated rings. The Morgan fingerprint density at radius 2 is 1.94 bits per heavy atom. The third-order valence-electron chi connectivity index (χ3n) is 2.52. The average Bonchev–Trinajstić information content (AvgIpc) is 2.35. The highest BCUT2D eigenvalue weighted by molar-refractivity contribution is 9.10. The number of hydrogen-bond acceptors (Lipinski definition) is 2. The van der Waals surface area contributed by atoms with Crippen molar-refractivity contribution < 1.29 is 9.90 Å². The number of amides is 1. The van der Waals surface area contributed by atoms with Gasteiger partial charge in [0.1, 0.15) is 5.75 Å². The standard InChI is InChI=1S/C14H12BrNO2/c1-9-6-7-13(17)10(8-9)14(18)16-12-5-3-2-4-11(12)15/h2-8,17H,1H3,(H,16,18). The summed E-state index contributed by atoms with van der Waals surface area (Å²) in [6.45, 7) is 1.87. The molecule has 0 heterocycles. The molecule has 3 nitrogen and oxygen atoms in total. The van der Waals surface area contributed by atoms with Crippen LogP contribution in [0.25, 0.3) is 0 Å². The first-order chi connectivity index (χ1) is 8.58. The molecular formula is C14H12BrNO2. The summed E-state index contributed by atoms with van der Waals surface area (Å²) in [4.78, 5) is 12.0. The highest BCUT2D eigenvalue weighted by atomic mass is 79.9. The molecule has 0 saturated heterocycles. The summed E-state index contributed by atoms with van der Waals surface area (Å²) in [6.07, 6.45) is 0. The molecule has 2 aromatic carbocycles. The van der Waals surface area contributed by atoms with Crippen LogP contribution in [-0.4, -0.2) is 11.0 Å². The molecule has 2 N–H and O–H groups in total. The quantitative estimate of drug-likeness (QED) is 0.888. The lowest BCUT2D eigenvalue weighted by Gasteiger charge is -2.09. The number of aromatic hydroxyl groups is 1. The van der Waals surface area contributed by atoms with Gasteiger partial charge in [-0.3, -0.25) is 4.79 Å². The van der Waals surface area contributed by atoms with Crippen molar-refractivity contribution in [2.45, 2.75) is 6.92 Å². The Morgan fingerprint density at radius 1 is 1.22 bits per heavy atom. The van der Waals surface area contributed by atoms with E-state index < -0.39 is 0 Å². The van der Waals surface area contributed by atoms with Gasteiger partial charge in [-0.05, 0) is 47.1 Å². The zero-order chi connectivity index (χ0) is 13.1. The SMILES string of the molecule is Cc1ccc(O)c(C(=O)Nc2ccccc2Br)c1. The fraction of sp³-hybridized carbons (Fsp3) is 0.0714. The number of para-hydroxylation sites is 1. The Bertz CT molecular complexity index is 596. The van der Waals surface area contributed by atoms with Crippen LogP contribution in [0.3, 0.4) is 0 Å². The number of phenolic OH excluding ortho intramolecular Hbond substituents is 1. The summed E-state index contributed by atoms with van der Waals surface area (Å²) in [5.74, 6) is -0.353. The van der Waals surface area contributed by atoms with Gasteiger partial charge in [0, 0.05) is 4.47 Å². The van der Waals surface area contributed by atoms with E-state index >= 15 is 0 Å². The fourth-order valence-corrected chi connectivity index (χ4v) is 1.97. The summed E-state index contributed by atoms with van der Waals surface area (Å²) in [7, 11) is 0. The smallest absolute Gasteiger partial charge is 0.259 e. The van der Waals surface area contributed by atoms with Crippen LogP contribution in [0.4, 0.5) is 5.69 Å². The highest BCUT2D eigenvalue weighted by Gasteiger charge is 2.12. The molecular weight excluding hydrogens is 294 g/mol. The molecule has 0 aliphatic carbocycles. The number of anilines is 1. The topological polar surface area (TPSA) is 49.3 Å².